The summed E-state index contributed by atoms with van der Waals surface area (Å²) in [5.41, 5.74) is 0.0395. The molecule has 2 rings (SSSR count). The molecule has 1 saturated heterocycles. The molecule has 12 heteroatoms. The van der Waals surface area contributed by atoms with Gasteiger partial charge in [0.1, 0.15) is 24.1 Å². The van der Waals surface area contributed by atoms with Crippen LogP contribution in [0.25, 0.3) is 0 Å². The van der Waals surface area contributed by atoms with Crippen molar-refractivity contribution in [2.24, 2.45) is 0 Å². The first kappa shape index (κ1) is 21.0. The maximum absolute atomic E-state index is 11.4. The first-order valence-corrected chi connectivity index (χ1v) is 7.77. The van der Waals surface area contributed by atoms with Crippen molar-refractivity contribution in [2.45, 2.75) is 44.6 Å². The first-order chi connectivity index (χ1) is 12.5. The molecule has 1 aliphatic rings. The van der Waals surface area contributed by atoms with Crippen molar-refractivity contribution in [1.82, 2.24) is 0 Å². The molecule has 7 N–H and O–H groups in total. The van der Waals surface area contributed by atoms with Crippen LogP contribution < -0.4 is 15.3 Å². The summed E-state index contributed by atoms with van der Waals surface area (Å²) in [6, 6.07) is 2.35. The summed E-state index contributed by atoms with van der Waals surface area (Å²) in [4.78, 5) is 22.6. The van der Waals surface area contributed by atoms with E-state index in [9.17, 15) is 30.1 Å². The zero-order valence-electron chi connectivity index (χ0n) is 14.3. The molecule has 1 amide bonds. The maximum Gasteiger partial charge on any atom is 0.335 e. The molecule has 6 atom stereocenters. The topological polar surface area (TPSA) is 193 Å². The van der Waals surface area contributed by atoms with E-state index in [2.05, 4.69) is 5.32 Å². The number of ether oxygens (including phenoxy) is 2. The molecular formula is C15H20N2O10. The van der Waals surface area contributed by atoms with Gasteiger partial charge in [0.2, 0.25) is 12.2 Å². The number of hydrogen-bond donors (Lipinski definition) is 7. The van der Waals surface area contributed by atoms with Crippen LogP contribution in [-0.2, 0) is 14.3 Å². The van der Waals surface area contributed by atoms with E-state index in [0.29, 0.717) is 0 Å². The molecule has 12 nitrogen and oxygen atoms in total. The van der Waals surface area contributed by atoms with Crippen LogP contribution in [-0.4, -0.2) is 68.2 Å². The number of aliphatic carboxylic acids is 1. The fourth-order valence-corrected chi connectivity index (χ4v) is 2.60. The third-order valence-electron chi connectivity index (χ3n) is 3.88. The standard InChI is InChI=1S/C15H20N2O10/c1-5-3-7(17(24)25)4-8(16-6(2)18)12(5)26-15-11(21)9(19)10(20)13(27-15)14(22)23/h3-4,9-11,13,15,17,19-21,24H,1-2H3,(H,16,18)(H,22,23). The molecule has 1 aromatic rings. The van der Waals surface area contributed by atoms with E-state index in [0.717, 1.165) is 6.07 Å². The van der Waals surface area contributed by atoms with Crippen molar-refractivity contribution < 1.29 is 49.9 Å². The lowest BCUT2D eigenvalue weighted by molar-refractivity contribution is -0.991. The van der Waals surface area contributed by atoms with E-state index in [1.165, 1.54) is 19.9 Å². The molecule has 0 saturated carbocycles. The number of amides is 1. The van der Waals surface area contributed by atoms with Gasteiger partial charge in [-0.1, -0.05) is 0 Å². The highest BCUT2D eigenvalue weighted by Gasteiger charge is 2.48. The molecule has 1 heterocycles. The minimum absolute atomic E-state index is 0.0526. The summed E-state index contributed by atoms with van der Waals surface area (Å²) in [7, 11) is 0. The van der Waals surface area contributed by atoms with Gasteiger partial charge < -0.3 is 40.4 Å². The lowest BCUT2D eigenvalue weighted by Crippen LogP contribution is -2.99. The lowest BCUT2D eigenvalue weighted by atomic mass is 9.99. The number of carbonyl (C=O) groups excluding carboxylic acids is 1. The number of aliphatic hydroxyl groups excluding tert-OH is 3. The van der Waals surface area contributed by atoms with Gasteiger partial charge in [0.05, 0.1) is 5.69 Å². The predicted molar refractivity (Wildman–Crippen MR) is 86.2 cm³/mol. The number of anilines is 1. The number of aryl methyl sites for hydroxylation is 1. The summed E-state index contributed by atoms with van der Waals surface area (Å²) in [5.74, 6) is -2.21. The van der Waals surface area contributed by atoms with Crippen molar-refractivity contribution in [2.75, 3.05) is 5.32 Å². The van der Waals surface area contributed by atoms with Crippen LogP contribution in [0.2, 0.25) is 0 Å². The molecule has 0 bridgehead atoms. The summed E-state index contributed by atoms with van der Waals surface area (Å²) in [6.45, 7) is 2.64. The largest absolute Gasteiger partial charge is 0.595 e. The van der Waals surface area contributed by atoms with Gasteiger partial charge >= 0.3 is 5.97 Å². The second-order valence-electron chi connectivity index (χ2n) is 6.01. The van der Waals surface area contributed by atoms with Crippen LogP contribution in [0.3, 0.4) is 0 Å². The molecule has 27 heavy (non-hydrogen) atoms. The number of aliphatic hydroxyl groups is 3. The van der Waals surface area contributed by atoms with E-state index < -0.39 is 47.8 Å². The predicted octanol–water partition coefficient (Wildman–Crippen LogP) is -2.37. The Kier molecular flexibility index (Phi) is 6.33. The quantitative estimate of drug-likeness (QED) is 0.268. The second-order valence-corrected chi connectivity index (χ2v) is 6.01. The Morgan fingerprint density at radius 1 is 1.22 bits per heavy atom. The van der Waals surface area contributed by atoms with Crippen LogP contribution in [0.1, 0.15) is 12.5 Å². The highest BCUT2D eigenvalue weighted by atomic mass is 16.8. The van der Waals surface area contributed by atoms with Gasteiger partial charge in [-0.2, -0.15) is 5.23 Å². The van der Waals surface area contributed by atoms with Gasteiger partial charge in [-0.05, 0) is 12.5 Å². The molecule has 0 spiro atoms. The van der Waals surface area contributed by atoms with Crippen LogP contribution in [0, 0.1) is 12.1 Å². The van der Waals surface area contributed by atoms with Gasteiger partial charge in [0.15, 0.2) is 11.8 Å². The van der Waals surface area contributed by atoms with Crippen LogP contribution in [0.4, 0.5) is 11.4 Å². The summed E-state index contributed by atoms with van der Waals surface area (Å²) in [6.07, 6.45) is -9.13. The normalized spacial score (nSPS) is 29.1. The Hall–Kier alpha value is -2.32. The minimum atomic E-state index is -1.89. The molecule has 150 valence electrons. The Morgan fingerprint density at radius 2 is 1.85 bits per heavy atom. The van der Waals surface area contributed by atoms with E-state index in [4.69, 9.17) is 19.8 Å². The Balaban J connectivity index is 2.39. The van der Waals surface area contributed by atoms with Crippen molar-refractivity contribution in [3.05, 3.63) is 22.9 Å². The van der Waals surface area contributed by atoms with Crippen molar-refractivity contribution in [1.29, 1.82) is 0 Å². The average Bonchev–Trinajstić information content (AvgIpc) is 2.56. The number of carboxylic acid groups (broad SMARTS) is 1. The Bertz CT molecular complexity index is 725. The number of hydrogen-bond acceptors (Lipinski definition) is 9. The number of nitrogens with one attached hydrogen (secondary N) is 2. The van der Waals surface area contributed by atoms with E-state index in [1.54, 1.807) is 0 Å². The highest BCUT2D eigenvalue weighted by molar-refractivity contribution is 5.91. The SMILES string of the molecule is CC(=O)Nc1cc([NH+]([O-])O)cc(C)c1OC1OC(C(=O)O)C(O)C(O)C1O. The second kappa shape index (κ2) is 8.14. The molecule has 1 fully saturated rings. The minimum Gasteiger partial charge on any atom is -0.595 e. The highest BCUT2D eigenvalue weighted by Crippen LogP contribution is 2.34. The van der Waals surface area contributed by atoms with Crippen LogP contribution in [0.5, 0.6) is 5.75 Å². The van der Waals surface area contributed by atoms with Crippen LogP contribution in [0.15, 0.2) is 12.1 Å². The fourth-order valence-electron chi connectivity index (χ4n) is 2.60. The monoisotopic (exact) mass is 388 g/mol. The molecular weight excluding hydrogens is 368 g/mol. The van der Waals surface area contributed by atoms with E-state index >= 15 is 0 Å². The Labute approximate surface area is 152 Å². The van der Waals surface area contributed by atoms with Gasteiger partial charge in [-0.25, -0.2) is 10.0 Å². The summed E-state index contributed by atoms with van der Waals surface area (Å²) in [5, 5.41) is 60.1. The number of rotatable bonds is 5. The third-order valence-corrected chi connectivity index (χ3v) is 3.88. The maximum atomic E-state index is 11.4. The van der Waals surface area contributed by atoms with E-state index in [-0.39, 0.29) is 22.7 Å². The Morgan fingerprint density at radius 3 is 2.37 bits per heavy atom. The van der Waals surface area contributed by atoms with E-state index in [1.807, 2.05) is 0 Å². The average molecular weight is 388 g/mol. The van der Waals surface area contributed by atoms with Crippen LogP contribution >= 0.6 is 0 Å². The zero-order valence-corrected chi connectivity index (χ0v) is 14.3. The molecule has 0 radical (unpaired) electrons. The zero-order chi connectivity index (χ0) is 20.5. The van der Waals surface area contributed by atoms with Gasteiger partial charge in [-0.15, -0.1) is 0 Å². The van der Waals surface area contributed by atoms with Crippen molar-refractivity contribution in [3.63, 3.8) is 0 Å². The van der Waals surface area contributed by atoms with Gasteiger partial charge in [-0.3, -0.25) is 4.79 Å². The molecule has 0 aliphatic carbocycles. The molecule has 1 aromatic carbocycles. The first-order valence-electron chi connectivity index (χ1n) is 7.77. The molecule has 1 aliphatic heterocycles. The number of quaternary nitrogens is 1. The number of carboxylic acids is 1. The third kappa shape index (κ3) is 4.51. The van der Waals surface area contributed by atoms with Gasteiger partial charge in [0, 0.05) is 19.1 Å². The van der Waals surface area contributed by atoms with Gasteiger partial charge in [0.25, 0.3) is 0 Å². The molecule has 0 aromatic heterocycles. The van der Waals surface area contributed by atoms with Crippen molar-refractivity contribution in [3.8, 4) is 5.75 Å². The molecule has 6 unspecified atom stereocenters. The summed E-state index contributed by atoms with van der Waals surface area (Å²) >= 11 is 0. The van der Waals surface area contributed by atoms with Crippen molar-refractivity contribution >= 4 is 23.3 Å². The lowest BCUT2D eigenvalue weighted by Gasteiger charge is -2.38. The fraction of sp³-hybridized carbons (Fsp3) is 0.467. The number of benzene rings is 1. The number of carbonyl (C=O) groups is 2. The summed E-state index contributed by atoms with van der Waals surface area (Å²) < 4.78 is 10.5. The smallest absolute Gasteiger partial charge is 0.335 e.